The number of carbonyl (C=O) groups is 2. The summed E-state index contributed by atoms with van der Waals surface area (Å²) in [6.45, 7) is 20.5. The fourth-order valence-corrected chi connectivity index (χ4v) is 5.12. The van der Waals surface area contributed by atoms with E-state index < -0.39 is 0 Å². The standard InChI is InChI=1S/C40H46O2/c1-29(17-13-19-31(3)21-23-37-33(5)25-35(41)27-39(37,7)8)15-11-12-16-30(2)18-14-20-32(4)22-24-38-34(6)26-36(42)28-40(38,9)10/h11-12,15-18,21-26H,27-28H2,1-10H3. The molecular formula is C40H46O2. The van der Waals surface area contributed by atoms with Gasteiger partial charge in [-0.1, -0.05) is 100.0 Å². The summed E-state index contributed by atoms with van der Waals surface area (Å²) in [5.41, 5.74) is 8.21. The van der Waals surface area contributed by atoms with Gasteiger partial charge in [-0.2, -0.15) is 0 Å². The molecule has 218 valence electrons. The maximum absolute atomic E-state index is 11.9. The number of ketones is 2. The normalized spacial score (nSPS) is 21.8. The van der Waals surface area contributed by atoms with Crippen LogP contribution in [0.3, 0.4) is 0 Å². The van der Waals surface area contributed by atoms with Crippen molar-refractivity contribution in [2.24, 2.45) is 10.8 Å². The van der Waals surface area contributed by atoms with Gasteiger partial charge in [0.15, 0.2) is 11.6 Å². The van der Waals surface area contributed by atoms with Gasteiger partial charge in [-0.05, 0) is 121 Å². The van der Waals surface area contributed by atoms with Crippen LogP contribution in [0.4, 0.5) is 0 Å². The summed E-state index contributed by atoms with van der Waals surface area (Å²) in [4.78, 5) is 23.8. The molecule has 0 aromatic rings. The van der Waals surface area contributed by atoms with E-state index in [0.29, 0.717) is 12.8 Å². The zero-order chi connectivity index (χ0) is 31.5. The minimum atomic E-state index is -0.156. The summed E-state index contributed by atoms with van der Waals surface area (Å²) in [5.74, 6) is 13.0. The molecule has 0 aromatic carbocycles. The fourth-order valence-electron chi connectivity index (χ4n) is 5.12. The molecule has 0 unspecified atom stereocenters. The Balaban J connectivity index is 1.97. The third-order valence-corrected chi connectivity index (χ3v) is 7.26. The molecule has 0 aromatic heterocycles. The molecule has 0 saturated carbocycles. The van der Waals surface area contributed by atoms with Crippen LogP contribution in [0.15, 0.2) is 117 Å². The number of hydrogen-bond acceptors (Lipinski definition) is 2. The fraction of sp³-hybridized carbons (Fsp3) is 0.350. The van der Waals surface area contributed by atoms with Gasteiger partial charge in [0.1, 0.15) is 0 Å². The number of allylic oxidation sites excluding steroid dienone is 20. The van der Waals surface area contributed by atoms with Gasteiger partial charge in [-0.3, -0.25) is 9.59 Å². The zero-order valence-corrected chi connectivity index (χ0v) is 27.2. The summed E-state index contributed by atoms with van der Waals surface area (Å²) in [6, 6.07) is 0. The van der Waals surface area contributed by atoms with Crippen molar-refractivity contribution in [1.29, 1.82) is 0 Å². The van der Waals surface area contributed by atoms with Crippen LogP contribution in [0.2, 0.25) is 0 Å². The minimum absolute atomic E-state index is 0.156. The van der Waals surface area contributed by atoms with Crippen LogP contribution in [-0.4, -0.2) is 11.6 Å². The van der Waals surface area contributed by atoms with Gasteiger partial charge >= 0.3 is 0 Å². The summed E-state index contributed by atoms with van der Waals surface area (Å²) in [5, 5.41) is 0. The van der Waals surface area contributed by atoms with Crippen LogP contribution in [0, 0.1) is 34.5 Å². The number of rotatable bonds is 5. The average Bonchev–Trinajstić information content (AvgIpc) is 2.84. The Hall–Kier alpha value is -4.14. The Morgan fingerprint density at radius 2 is 1.02 bits per heavy atom. The molecule has 0 aliphatic heterocycles. The Bertz CT molecular complexity index is 1420. The third-order valence-electron chi connectivity index (χ3n) is 7.26. The van der Waals surface area contributed by atoms with E-state index in [2.05, 4.69) is 63.5 Å². The Labute approximate surface area is 254 Å². The lowest BCUT2D eigenvalue weighted by Gasteiger charge is -2.31. The van der Waals surface area contributed by atoms with Crippen molar-refractivity contribution in [1.82, 2.24) is 0 Å². The monoisotopic (exact) mass is 558 g/mol. The third kappa shape index (κ3) is 11.0. The van der Waals surface area contributed by atoms with Crippen molar-refractivity contribution in [2.45, 2.75) is 82.1 Å². The summed E-state index contributed by atoms with van der Waals surface area (Å²) < 4.78 is 0. The van der Waals surface area contributed by atoms with Crippen LogP contribution in [0.1, 0.15) is 82.1 Å². The van der Waals surface area contributed by atoms with Crippen molar-refractivity contribution in [3.05, 3.63) is 117 Å². The van der Waals surface area contributed by atoms with Crippen molar-refractivity contribution < 1.29 is 9.59 Å². The second-order valence-corrected chi connectivity index (χ2v) is 12.6. The highest BCUT2D eigenvalue weighted by molar-refractivity contribution is 5.94. The lowest BCUT2D eigenvalue weighted by molar-refractivity contribution is -0.117. The van der Waals surface area contributed by atoms with Gasteiger partial charge in [0.2, 0.25) is 0 Å². The Kier molecular flexibility index (Phi) is 12.3. The zero-order valence-electron chi connectivity index (χ0n) is 27.2. The van der Waals surface area contributed by atoms with Gasteiger partial charge in [-0.25, -0.2) is 0 Å². The van der Waals surface area contributed by atoms with Crippen LogP contribution >= 0.6 is 0 Å². The minimum Gasteiger partial charge on any atom is -0.295 e. The average molecular weight is 559 g/mol. The molecule has 0 spiro atoms. The molecule has 0 bridgehead atoms. The molecule has 2 heteroatoms. The van der Waals surface area contributed by atoms with Gasteiger partial charge in [0.25, 0.3) is 0 Å². The summed E-state index contributed by atoms with van der Waals surface area (Å²) in [7, 11) is 0. The SMILES string of the molecule is CC(C#CC=C(C)C=CC=CC(C)=CC#CC(C)=CC=C1C(C)=CC(=O)CC1(C)C)=CC=C1C(C)=CC(=O)CC1(C)C. The predicted octanol–water partition coefficient (Wildman–Crippen LogP) is 9.63. The smallest absolute Gasteiger partial charge is 0.156 e. The maximum Gasteiger partial charge on any atom is 0.156 e. The highest BCUT2D eigenvalue weighted by Crippen LogP contribution is 2.40. The van der Waals surface area contributed by atoms with Crippen molar-refractivity contribution in [3.63, 3.8) is 0 Å². The van der Waals surface area contributed by atoms with E-state index in [4.69, 9.17) is 0 Å². The van der Waals surface area contributed by atoms with E-state index in [0.717, 1.165) is 33.4 Å². The van der Waals surface area contributed by atoms with Crippen LogP contribution in [-0.2, 0) is 9.59 Å². The Morgan fingerprint density at radius 3 is 1.36 bits per heavy atom. The molecule has 2 aliphatic rings. The van der Waals surface area contributed by atoms with E-state index in [-0.39, 0.29) is 22.4 Å². The van der Waals surface area contributed by atoms with Crippen LogP contribution in [0.25, 0.3) is 0 Å². The lowest BCUT2D eigenvalue weighted by Crippen LogP contribution is -2.24. The molecule has 42 heavy (non-hydrogen) atoms. The van der Waals surface area contributed by atoms with Gasteiger partial charge in [-0.15, -0.1) is 0 Å². The number of hydrogen-bond donors (Lipinski definition) is 0. The van der Waals surface area contributed by atoms with Gasteiger partial charge in [0.05, 0.1) is 0 Å². The van der Waals surface area contributed by atoms with E-state index in [1.54, 1.807) is 12.2 Å². The molecule has 2 rings (SSSR count). The largest absolute Gasteiger partial charge is 0.295 e. The molecule has 2 nitrogen and oxygen atoms in total. The quantitative estimate of drug-likeness (QED) is 0.249. The lowest BCUT2D eigenvalue weighted by atomic mass is 9.72. The molecule has 0 N–H and O–H groups in total. The second-order valence-electron chi connectivity index (χ2n) is 12.6. The molecule has 0 amide bonds. The summed E-state index contributed by atoms with van der Waals surface area (Å²) in [6.07, 6.45) is 24.7. The van der Waals surface area contributed by atoms with Crippen molar-refractivity contribution in [3.8, 4) is 23.7 Å². The molecule has 0 radical (unpaired) electrons. The highest BCUT2D eigenvalue weighted by atomic mass is 16.1. The first-order valence-electron chi connectivity index (χ1n) is 14.5. The Morgan fingerprint density at radius 1 is 0.667 bits per heavy atom. The molecular weight excluding hydrogens is 512 g/mol. The van der Waals surface area contributed by atoms with Crippen LogP contribution in [0.5, 0.6) is 0 Å². The summed E-state index contributed by atoms with van der Waals surface area (Å²) >= 11 is 0. The van der Waals surface area contributed by atoms with E-state index >= 15 is 0 Å². The first-order chi connectivity index (χ1) is 19.6. The highest BCUT2D eigenvalue weighted by Gasteiger charge is 2.31. The molecule has 0 fully saturated rings. The van der Waals surface area contributed by atoms with Gasteiger partial charge < -0.3 is 0 Å². The predicted molar refractivity (Wildman–Crippen MR) is 179 cm³/mol. The first kappa shape index (κ1) is 34.1. The first-order valence-corrected chi connectivity index (χ1v) is 14.5. The van der Waals surface area contributed by atoms with E-state index in [1.165, 1.54) is 11.1 Å². The van der Waals surface area contributed by atoms with Crippen molar-refractivity contribution >= 4 is 11.6 Å². The maximum atomic E-state index is 11.9. The molecule has 2 aliphatic carbocycles. The number of carbonyl (C=O) groups excluding carboxylic acids is 2. The molecule has 0 saturated heterocycles. The van der Waals surface area contributed by atoms with Crippen LogP contribution < -0.4 is 0 Å². The van der Waals surface area contributed by atoms with E-state index in [1.807, 2.05) is 90.2 Å². The topological polar surface area (TPSA) is 34.1 Å². The van der Waals surface area contributed by atoms with Gasteiger partial charge in [0, 0.05) is 12.8 Å². The molecule has 0 atom stereocenters. The molecule has 0 heterocycles. The van der Waals surface area contributed by atoms with Crippen molar-refractivity contribution in [2.75, 3.05) is 0 Å². The second kappa shape index (κ2) is 15.2. The van der Waals surface area contributed by atoms with E-state index in [9.17, 15) is 9.59 Å².